The van der Waals surface area contributed by atoms with Gasteiger partial charge in [-0.2, -0.15) is 5.26 Å². The van der Waals surface area contributed by atoms with Gasteiger partial charge in [0.15, 0.2) is 0 Å². The van der Waals surface area contributed by atoms with E-state index in [-0.39, 0.29) is 6.04 Å². The standard InChI is InChI=1S/C13H20N4/c1-3-15-13(10-14)11-17(2)9-7-12-6-4-5-8-16-12/h4-6,8,13,15H,3,7,9,11H2,1-2H3. The molecule has 4 heteroatoms. The van der Waals surface area contributed by atoms with Crippen LogP contribution in [0.25, 0.3) is 0 Å². The molecular formula is C13H20N4. The topological polar surface area (TPSA) is 52.0 Å². The lowest BCUT2D eigenvalue weighted by atomic mass is 10.2. The minimum atomic E-state index is -0.0891. The summed E-state index contributed by atoms with van der Waals surface area (Å²) in [7, 11) is 2.03. The molecule has 1 rings (SSSR count). The molecule has 0 aliphatic rings. The first kappa shape index (κ1) is 13.6. The molecule has 17 heavy (non-hydrogen) atoms. The fourth-order valence-electron chi connectivity index (χ4n) is 1.65. The van der Waals surface area contributed by atoms with Gasteiger partial charge in [0.2, 0.25) is 0 Å². The first-order chi connectivity index (χ1) is 8.26. The van der Waals surface area contributed by atoms with Crippen molar-refractivity contribution in [2.45, 2.75) is 19.4 Å². The molecule has 0 aliphatic carbocycles. The summed E-state index contributed by atoms with van der Waals surface area (Å²) >= 11 is 0. The summed E-state index contributed by atoms with van der Waals surface area (Å²) < 4.78 is 0. The van der Waals surface area contributed by atoms with Gasteiger partial charge in [-0.05, 0) is 25.7 Å². The highest BCUT2D eigenvalue weighted by molar-refractivity contribution is 5.03. The minimum Gasteiger partial charge on any atom is -0.303 e. The Morgan fingerprint density at radius 3 is 2.94 bits per heavy atom. The van der Waals surface area contributed by atoms with Crippen molar-refractivity contribution >= 4 is 0 Å². The van der Waals surface area contributed by atoms with Crippen molar-refractivity contribution in [2.75, 3.05) is 26.7 Å². The Labute approximate surface area is 103 Å². The van der Waals surface area contributed by atoms with E-state index in [2.05, 4.69) is 21.3 Å². The van der Waals surface area contributed by atoms with Gasteiger partial charge in [0.05, 0.1) is 6.07 Å². The van der Waals surface area contributed by atoms with E-state index >= 15 is 0 Å². The molecule has 1 heterocycles. The molecule has 92 valence electrons. The van der Waals surface area contributed by atoms with E-state index < -0.39 is 0 Å². The summed E-state index contributed by atoms with van der Waals surface area (Å²) in [5, 5.41) is 12.1. The lowest BCUT2D eigenvalue weighted by Gasteiger charge is -2.19. The van der Waals surface area contributed by atoms with Crippen LogP contribution in [0.4, 0.5) is 0 Å². The summed E-state index contributed by atoms with van der Waals surface area (Å²) in [6.45, 7) is 4.50. The average molecular weight is 232 g/mol. The second kappa shape index (κ2) is 7.77. The van der Waals surface area contributed by atoms with Crippen LogP contribution in [-0.2, 0) is 6.42 Å². The normalized spacial score (nSPS) is 12.4. The summed E-state index contributed by atoms with van der Waals surface area (Å²) in [6.07, 6.45) is 2.73. The van der Waals surface area contributed by atoms with Crippen molar-refractivity contribution in [1.82, 2.24) is 15.2 Å². The second-order valence-corrected chi connectivity index (χ2v) is 4.07. The summed E-state index contributed by atoms with van der Waals surface area (Å²) in [5.41, 5.74) is 1.09. The monoisotopic (exact) mass is 232 g/mol. The number of nitrogens with one attached hydrogen (secondary N) is 1. The van der Waals surface area contributed by atoms with Crippen molar-refractivity contribution < 1.29 is 0 Å². The molecule has 0 aromatic carbocycles. The number of rotatable bonds is 7. The number of aromatic nitrogens is 1. The summed E-state index contributed by atoms with van der Waals surface area (Å²) in [4.78, 5) is 6.44. The second-order valence-electron chi connectivity index (χ2n) is 4.07. The van der Waals surface area contributed by atoms with Gasteiger partial charge in [-0.1, -0.05) is 13.0 Å². The maximum atomic E-state index is 8.94. The molecule has 0 spiro atoms. The lowest BCUT2D eigenvalue weighted by molar-refractivity contribution is 0.315. The van der Waals surface area contributed by atoms with Crippen LogP contribution in [0, 0.1) is 11.3 Å². The lowest BCUT2D eigenvalue weighted by Crippen LogP contribution is -2.39. The van der Waals surface area contributed by atoms with Crippen LogP contribution < -0.4 is 5.32 Å². The number of hydrogen-bond donors (Lipinski definition) is 1. The molecule has 0 fully saturated rings. The van der Waals surface area contributed by atoms with Crippen LogP contribution >= 0.6 is 0 Å². The number of hydrogen-bond acceptors (Lipinski definition) is 4. The number of nitriles is 1. The van der Waals surface area contributed by atoms with Crippen LogP contribution in [0.2, 0.25) is 0 Å². The van der Waals surface area contributed by atoms with E-state index in [0.717, 1.165) is 31.7 Å². The zero-order valence-corrected chi connectivity index (χ0v) is 10.6. The van der Waals surface area contributed by atoms with E-state index in [1.807, 2.05) is 38.4 Å². The fraction of sp³-hybridized carbons (Fsp3) is 0.538. The predicted octanol–water partition coefficient (Wildman–Crippen LogP) is 1.06. The molecule has 0 bridgehead atoms. The molecule has 1 aromatic heterocycles. The van der Waals surface area contributed by atoms with Gasteiger partial charge in [0.1, 0.15) is 6.04 Å². The van der Waals surface area contributed by atoms with Crippen LogP contribution in [0.5, 0.6) is 0 Å². The van der Waals surface area contributed by atoms with Gasteiger partial charge >= 0.3 is 0 Å². The van der Waals surface area contributed by atoms with Crippen LogP contribution in [0.15, 0.2) is 24.4 Å². The van der Waals surface area contributed by atoms with E-state index in [0.29, 0.717) is 0 Å². The number of pyridine rings is 1. The third-order valence-corrected chi connectivity index (χ3v) is 2.58. The van der Waals surface area contributed by atoms with Gasteiger partial charge in [0.25, 0.3) is 0 Å². The molecule has 0 saturated heterocycles. The van der Waals surface area contributed by atoms with Gasteiger partial charge < -0.3 is 10.2 Å². The summed E-state index contributed by atoms with van der Waals surface area (Å²) in [6, 6.07) is 8.12. The van der Waals surface area contributed by atoms with Gasteiger partial charge in [-0.15, -0.1) is 0 Å². The van der Waals surface area contributed by atoms with Crippen molar-refractivity contribution in [3.8, 4) is 6.07 Å². The smallest absolute Gasteiger partial charge is 0.108 e. The zero-order chi connectivity index (χ0) is 12.5. The zero-order valence-electron chi connectivity index (χ0n) is 10.6. The Morgan fingerprint density at radius 2 is 2.35 bits per heavy atom. The maximum absolute atomic E-state index is 8.94. The molecule has 4 nitrogen and oxygen atoms in total. The maximum Gasteiger partial charge on any atom is 0.108 e. The third-order valence-electron chi connectivity index (χ3n) is 2.58. The average Bonchev–Trinajstić information content (AvgIpc) is 2.37. The molecular weight excluding hydrogens is 212 g/mol. The molecule has 1 unspecified atom stereocenters. The Morgan fingerprint density at radius 1 is 1.53 bits per heavy atom. The fourth-order valence-corrected chi connectivity index (χ4v) is 1.65. The molecule has 1 N–H and O–H groups in total. The number of likely N-dealkylation sites (N-methyl/N-ethyl adjacent to an activating group) is 2. The largest absolute Gasteiger partial charge is 0.303 e. The van der Waals surface area contributed by atoms with E-state index in [1.165, 1.54) is 0 Å². The highest BCUT2D eigenvalue weighted by Gasteiger charge is 2.08. The molecule has 0 radical (unpaired) electrons. The van der Waals surface area contributed by atoms with E-state index in [9.17, 15) is 0 Å². The van der Waals surface area contributed by atoms with Crippen LogP contribution in [0.3, 0.4) is 0 Å². The van der Waals surface area contributed by atoms with Crippen molar-refractivity contribution in [3.63, 3.8) is 0 Å². The SMILES string of the molecule is CCNC(C#N)CN(C)CCc1ccccn1. The number of nitrogens with zero attached hydrogens (tertiary/aromatic N) is 3. The van der Waals surface area contributed by atoms with Crippen LogP contribution in [0.1, 0.15) is 12.6 Å². The molecule has 0 aliphatic heterocycles. The molecule has 0 amide bonds. The molecule has 1 aromatic rings. The first-order valence-corrected chi connectivity index (χ1v) is 5.97. The van der Waals surface area contributed by atoms with E-state index in [4.69, 9.17) is 5.26 Å². The molecule has 1 atom stereocenters. The third kappa shape index (κ3) is 5.43. The van der Waals surface area contributed by atoms with Crippen molar-refractivity contribution in [3.05, 3.63) is 30.1 Å². The quantitative estimate of drug-likeness (QED) is 0.763. The Hall–Kier alpha value is -1.44. The van der Waals surface area contributed by atoms with Crippen LogP contribution in [-0.4, -0.2) is 42.6 Å². The Bertz CT molecular complexity index is 344. The summed E-state index contributed by atoms with van der Waals surface area (Å²) in [5.74, 6) is 0. The Kier molecular flexibility index (Phi) is 6.23. The highest BCUT2D eigenvalue weighted by Crippen LogP contribution is 1.97. The van der Waals surface area contributed by atoms with Gasteiger partial charge in [0, 0.05) is 31.4 Å². The highest BCUT2D eigenvalue weighted by atomic mass is 15.1. The van der Waals surface area contributed by atoms with Gasteiger partial charge in [-0.25, -0.2) is 0 Å². The Balaban J connectivity index is 2.30. The van der Waals surface area contributed by atoms with Gasteiger partial charge in [-0.3, -0.25) is 4.98 Å². The molecule has 0 saturated carbocycles. The van der Waals surface area contributed by atoms with Crippen molar-refractivity contribution in [1.29, 1.82) is 5.26 Å². The predicted molar refractivity (Wildman–Crippen MR) is 68.5 cm³/mol. The minimum absolute atomic E-state index is 0.0891. The first-order valence-electron chi connectivity index (χ1n) is 5.97. The van der Waals surface area contributed by atoms with Crippen molar-refractivity contribution in [2.24, 2.45) is 0 Å². The van der Waals surface area contributed by atoms with E-state index in [1.54, 1.807) is 0 Å².